The lowest BCUT2D eigenvalue weighted by molar-refractivity contribution is 1.19. The molecule has 10 aromatic carbocycles. The van der Waals surface area contributed by atoms with Crippen molar-refractivity contribution in [3.63, 3.8) is 0 Å². The monoisotopic (exact) mass is 848 g/mol. The number of fused-ring (bicyclic) bond motifs is 12. The van der Waals surface area contributed by atoms with Crippen molar-refractivity contribution in [1.29, 1.82) is 0 Å². The minimum absolute atomic E-state index is 1.18. The van der Waals surface area contributed by atoms with E-state index in [0.29, 0.717) is 0 Å². The van der Waals surface area contributed by atoms with Crippen molar-refractivity contribution in [2.24, 2.45) is 0 Å². The van der Waals surface area contributed by atoms with Gasteiger partial charge in [-0.05, 0) is 130 Å². The number of hydrogen-bond acceptors (Lipinski definition) is 2. The van der Waals surface area contributed by atoms with Crippen LogP contribution in [0.25, 0.3) is 129 Å². The average Bonchev–Trinajstić information content (AvgIpc) is 4.11. The quantitative estimate of drug-likeness (QED) is 0.163. The predicted octanol–water partition coefficient (Wildman–Crippen LogP) is 17.6. The summed E-state index contributed by atoms with van der Waals surface area (Å²) >= 11 is 3.74. The summed E-state index contributed by atoms with van der Waals surface area (Å²) in [6.07, 6.45) is 0. The number of hydrogen-bond donors (Lipinski definition) is 0. The second kappa shape index (κ2) is 13.9. The van der Waals surface area contributed by atoms with Gasteiger partial charge in [0.1, 0.15) is 0 Å². The fourth-order valence-corrected chi connectivity index (χ4v) is 12.4. The molecular weight excluding hydrogens is 813 g/mol. The molecule has 0 aliphatic rings. The van der Waals surface area contributed by atoms with Crippen molar-refractivity contribution >= 4 is 107 Å². The molecule has 0 saturated carbocycles. The van der Waals surface area contributed by atoms with Crippen LogP contribution in [-0.2, 0) is 0 Å². The molecule has 0 amide bonds. The molecule has 0 spiro atoms. The molecule has 4 heterocycles. The Bertz CT molecular complexity index is 4140. The zero-order chi connectivity index (χ0) is 41.9. The minimum atomic E-state index is 1.18. The van der Waals surface area contributed by atoms with E-state index >= 15 is 0 Å². The molecule has 0 radical (unpaired) electrons. The van der Waals surface area contributed by atoms with Gasteiger partial charge in [0, 0.05) is 73.3 Å². The molecule has 0 N–H and O–H groups in total. The van der Waals surface area contributed by atoms with Crippen molar-refractivity contribution in [3.8, 4) is 44.8 Å². The fourth-order valence-electron chi connectivity index (χ4n) is 10.3. The first-order valence-electron chi connectivity index (χ1n) is 21.8. The molecule has 0 unspecified atom stereocenters. The number of para-hydroxylation sites is 3. The number of aromatic nitrogens is 2. The van der Waals surface area contributed by atoms with Gasteiger partial charge in [-0.25, -0.2) is 0 Å². The standard InChI is InChI=1S/C60H36N2S2/c1-2-11-37(12-3-1)40-21-26-56-48(32-40)47-17-6-9-20-55(47)62(56)44-25-30-60-52(36-44)50-34-42(23-28-58(50)64-60)39-14-10-13-38(31-39)41-22-27-57-49(33-41)51-35-43(24-29-59(51)63-57)61-53-18-7-4-15-45(53)46-16-5-8-19-54(46)61/h1-36H. The van der Waals surface area contributed by atoms with E-state index in [1.54, 1.807) is 0 Å². The van der Waals surface area contributed by atoms with E-state index in [4.69, 9.17) is 0 Å². The molecule has 0 fully saturated rings. The van der Waals surface area contributed by atoms with Gasteiger partial charge >= 0.3 is 0 Å². The largest absolute Gasteiger partial charge is 0.309 e. The van der Waals surface area contributed by atoms with Gasteiger partial charge in [0.25, 0.3) is 0 Å². The molecule has 0 saturated heterocycles. The van der Waals surface area contributed by atoms with E-state index < -0.39 is 0 Å². The smallest absolute Gasteiger partial charge is 0.0541 e. The highest BCUT2D eigenvalue weighted by Gasteiger charge is 2.17. The van der Waals surface area contributed by atoms with Crippen molar-refractivity contribution in [2.75, 3.05) is 0 Å². The summed E-state index contributed by atoms with van der Waals surface area (Å²) in [6, 6.07) is 81.0. The maximum atomic E-state index is 2.44. The zero-order valence-electron chi connectivity index (χ0n) is 34.5. The van der Waals surface area contributed by atoms with E-state index in [9.17, 15) is 0 Å². The molecule has 14 rings (SSSR count). The van der Waals surface area contributed by atoms with Crippen LogP contribution in [0, 0.1) is 0 Å². The van der Waals surface area contributed by atoms with Gasteiger partial charge in [0.2, 0.25) is 0 Å². The maximum absolute atomic E-state index is 2.44. The Kier molecular flexibility index (Phi) is 7.76. The summed E-state index contributed by atoms with van der Waals surface area (Å²) in [7, 11) is 0. The van der Waals surface area contributed by atoms with Crippen molar-refractivity contribution in [3.05, 3.63) is 218 Å². The van der Waals surface area contributed by atoms with Gasteiger partial charge in [-0.3, -0.25) is 0 Å². The van der Waals surface area contributed by atoms with Crippen LogP contribution in [0.5, 0.6) is 0 Å². The first kappa shape index (κ1) is 35.8. The number of nitrogens with zero attached hydrogens (tertiary/aromatic N) is 2. The number of rotatable bonds is 5. The van der Waals surface area contributed by atoms with Gasteiger partial charge in [0.15, 0.2) is 0 Å². The summed E-state index contributed by atoms with van der Waals surface area (Å²) < 4.78 is 10.1. The molecule has 2 nitrogen and oxygen atoms in total. The molecule has 0 atom stereocenters. The van der Waals surface area contributed by atoms with Crippen LogP contribution in [0.2, 0.25) is 0 Å². The Balaban J connectivity index is 0.854. The highest BCUT2D eigenvalue weighted by Crippen LogP contribution is 2.43. The Labute approximate surface area is 376 Å². The number of thiophene rings is 2. The van der Waals surface area contributed by atoms with Gasteiger partial charge < -0.3 is 9.13 Å². The van der Waals surface area contributed by atoms with Gasteiger partial charge in [-0.2, -0.15) is 0 Å². The molecule has 4 aromatic heterocycles. The lowest BCUT2D eigenvalue weighted by Gasteiger charge is -2.10. The van der Waals surface area contributed by atoms with Gasteiger partial charge in [0.05, 0.1) is 22.1 Å². The number of benzene rings is 10. The Morgan fingerprint density at radius 1 is 0.219 bits per heavy atom. The molecule has 4 heteroatoms. The fraction of sp³-hybridized carbons (Fsp3) is 0. The van der Waals surface area contributed by atoms with Crippen LogP contribution in [-0.4, -0.2) is 9.13 Å². The van der Waals surface area contributed by atoms with Crippen LogP contribution < -0.4 is 0 Å². The molecule has 298 valence electrons. The van der Waals surface area contributed by atoms with Crippen LogP contribution in [0.15, 0.2) is 218 Å². The van der Waals surface area contributed by atoms with Gasteiger partial charge in [-0.1, -0.05) is 121 Å². The highest BCUT2D eigenvalue weighted by molar-refractivity contribution is 7.26. The summed E-state index contributed by atoms with van der Waals surface area (Å²) in [4.78, 5) is 0. The predicted molar refractivity (Wildman–Crippen MR) is 277 cm³/mol. The summed E-state index contributed by atoms with van der Waals surface area (Å²) in [5.41, 5.74) is 14.6. The third-order valence-corrected chi connectivity index (χ3v) is 15.6. The summed E-state index contributed by atoms with van der Waals surface area (Å²) in [5.74, 6) is 0. The summed E-state index contributed by atoms with van der Waals surface area (Å²) in [5, 5.41) is 10.3. The third kappa shape index (κ3) is 5.43. The normalized spacial score (nSPS) is 12.1. The van der Waals surface area contributed by atoms with E-state index in [1.165, 1.54) is 129 Å². The lowest BCUT2D eigenvalue weighted by atomic mass is 9.97. The summed E-state index contributed by atoms with van der Waals surface area (Å²) in [6.45, 7) is 0. The Morgan fingerprint density at radius 2 is 0.578 bits per heavy atom. The van der Waals surface area contributed by atoms with Crippen LogP contribution in [0.3, 0.4) is 0 Å². The van der Waals surface area contributed by atoms with E-state index in [2.05, 4.69) is 228 Å². The zero-order valence-corrected chi connectivity index (χ0v) is 36.1. The minimum Gasteiger partial charge on any atom is -0.309 e. The molecule has 64 heavy (non-hydrogen) atoms. The van der Waals surface area contributed by atoms with E-state index in [-0.39, 0.29) is 0 Å². The second-order valence-electron chi connectivity index (χ2n) is 16.9. The van der Waals surface area contributed by atoms with Crippen molar-refractivity contribution in [2.45, 2.75) is 0 Å². The Morgan fingerprint density at radius 3 is 1.11 bits per heavy atom. The topological polar surface area (TPSA) is 9.86 Å². The van der Waals surface area contributed by atoms with E-state index in [0.717, 1.165) is 0 Å². The first-order valence-corrected chi connectivity index (χ1v) is 23.4. The van der Waals surface area contributed by atoms with Crippen LogP contribution in [0.1, 0.15) is 0 Å². The molecule has 0 aliphatic heterocycles. The lowest BCUT2D eigenvalue weighted by Crippen LogP contribution is -1.93. The molecular formula is C60H36N2S2. The van der Waals surface area contributed by atoms with Crippen LogP contribution >= 0.6 is 22.7 Å². The Hall–Kier alpha value is -7.76. The second-order valence-corrected chi connectivity index (χ2v) is 19.1. The maximum Gasteiger partial charge on any atom is 0.0541 e. The first-order chi connectivity index (χ1) is 31.7. The SMILES string of the molecule is c1ccc(-c2ccc3c(c2)c2ccccc2n3-c2ccc3sc4ccc(-c5cccc(-c6ccc7sc8ccc(-n9c%10ccccc%10c%10ccccc%109)cc8c7c6)c5)cc4c3c2)cc1. The van der Waals surface area contributed by atoms with E-state index in [1.807, 2.05) is 22.7 Å². The highest BCUT2D eigenvalue weighted by atomic mass is 32.1. The van der Waals surface area contributed by atoms with Crippen molar-refractivity contribution < 1.29 is 0 Å². The molecule has 14 aromatic rings. The third-order valence-electron chi connectivity index (χ3n) is 13.3. The molecule has 0 aliphatic carbocycles. The van der Waals surface area contributed by atoms with Crippen LogP contribution in [0.4, 0.5) is 0 Å². The average molecular weight is 849 g/mol. The van der Waals surface area contributed by atoms with Crippen molar-refractivity contribution in [1.82, 2.24) is 9.13 Å². The van der Waals surface area contributed by atoms with Gasteiger partial charge in [-0.15, -0.1) is 22.7 Å². The molecule has 0 bridgehead atoms.